The Morgan fingerprint density at radius 3 is 2.12 bits per heavy atom. The van der Waals surface area contributed by atoms with Crippen LogP contribution in [0.3, 0.4) is 0 Å². The third-order valence-electron chi connectivity index (χ3n) is 6.32. The second kappa shape index (κ2) is 10.8. The number of rotatable bonds is 4. The fraction of sp³-hybridized carbons (Fsp3) is 0.542. The van der Waals surface area contributed by atoms with Crippen LogP contribution in [0, 0.1) is 6.92 Å². The number of hydrogen-bond acceptors (Lipinski definition) is 4. The Balaban J connectivity index is 1.49. The molecule has 0 atom stereocenters. The largest absolute Gasteiger partial charge is 0.343 e. The first-order chi connectivity index (χ1) is 15.6. The maximum absolute atomic E-state index is 13.2. The molecule has 0 aliphatic heterocycles. The van der Waals surface area contributed by atoms with Crippen molar-refractivity contribution in [2.45, 2.75) is 83.2 Å². The number of anilines is 1. The number of benzene rings is 1. The van der Waals surface area contributed by atoms with Crippen molar-refractivity contribution in [2.24, 2.45) is 0 Å². The van der Waals surface area contributed by atoms with Crippen molar-refractivity contribution >= 4 is 28.5 Å². The molecule has 2 fully saturated rings. The van der Waals surface area contributed by atoms with E-state index in [0.29, 0.717) is 5.13 Å². The third-order valence-corrected chi connectivity index (χ3v) is 7.15. The molecular formula is C24H33N5O2S. The van der Waals surface area contributed by atoms with Crippen LogP contribution in [-0.4, -0.2) is 29.1 Å². The maximum atomic E-state index is 13.2. The molecule has 7 nitrogen and oxygen atoms in total. The van der Waals surface area contributed by atoms with Crippen molar-refractivity contribution in [2.75, 3.05) is 5.01 Å². The molecule has 2 aliphatic carbocycles. The number of hydrazine groups is 1. The van der Waals surface area contributed by atoms with Crippen LogP contribution in [0.15, 0.2) is 29.6 Å². The lowest BCUT2D eigenvalue weighted by molar-refractivity contribution is 0.222. The number of nitrogens with zero attached hydrogens (tertiary/aromatic N) is 2. The number of hydrogen-bond donors (Lipinski definition) is 3. The van der Waals surface area contributed by atoms with Crippen molar-refractivity contribution in [3.63, 3.8) is 0 Å². The standard InChI is InChI=1S/C24H33N5O2S/c1-17-12-14-18(15-13-17)21-16-32-24(27-21)29(23(31)26-20-10-6-3-7-11-20)28-22(30)25-19-8-4-2-5-9-19/h12-16,19-20H,2-11H2,1H3,(H,26,31)(H2,25,28,30). The van der Waals surface area contributed by atoms with Crippen LogP contribution < -0.4 is 21.1 Å². The lowest BCUT2D eigenvalue weighted by atomic mass is 9.96. The molecule has 3 N–H and O–H groups in total. The van der Waals surface area contributed by atoms with Gasteiger partial charge in [-0.25, -0.2) is 20.0 Å². The van der Waals surface area contributed by atoms with Crippen molar-refractivity contribution in [3.8, 4) is 11.3 Å². The van der Waals surface area contributed by atoms with Gasteiger partial charge >= 0.3 is 12.1 Å². The summed E-state index contributed by atoms with van der Waals surface area (Å²) < 4.78 is 0. The molecule has 32 heavy (non-hydrogen) atoms. The highest BCUT2D eigenvalue weighted by Gasteiger charge is 2.26. The van der Waals surface area contributed by atoms with Gasteiger partial charge in [-0.05, 0) is 32.6 Å². The highest BCUT2D eigenvalue weighted by molar-refractivity contribution is 7.14. The van der Waals surface area contributed by atoms with E-state index in [0.717, 1.165) is 62.6 Å². The molecule has 2 aliphatic rings. The van der Waals surface area contributed by atoms with Crippen molar-refractivity contribution < 1.29 is 9.59 Å². The van der Waals surface area contributed by atoms with E-state index in [1.165, 1.54) is 34.8 Å². The molecule has 2 saturated carbocycles. The zero-order valence-electron chi connectivity index (χ0n) is 18.7. The Morgan fingerprint density at radius 1 is 0.906 bits per heavy atom. The number of thiazole rings is 1. The second-order valence-corrected chi connectivity index (χ2v) is 9.76. The van der Waals surface area contributed by atoms with Gasteiger partial charge in [-0.3, -0.25) is 0 Å². The highest BCUT2D eigenvalue weighted by atomic mass is 32.1. The first kappa shape index (κ1) is 22.6. The summed E-state index contributed by atoms with van der Waals surface area (Å²) in [4.78, 5) is 30.6. The normalized spacial score (nSPS) is 17.5. The summed E-state index contributed by atoms with van der Waals surface area (Å²) in [6.45, 7) is 2.04. The molecule has 1 aromatic heterocycles. The molecular weight excluding hydrogens is 422 g/mol. The van der Waals surface area contributed by atoms with Gasteiger partial charge < -0.3 is 10.6 Å². The molecule has 0 spiro atoms. The van der Waals surface area contributed by atoms with E-state index >= 15 is 0 Å². The van der Waals surface area contributed by atoms with Crippen LogP contribution in [0.2, 0.25) is 0 Å². The summed E-state index contributed by atoms with van der Waals surface area (Å²) in [6, 6.07) is 7.72. The summed E-state index contributed by atoms with van der Waals surface area (Å²) in [7, 11) is 0. The van der Waals surface area contributed by atoms with Gasteiger partial charge in [-0.2, -0.15) is 5.01 Å². The number of aryl methyl sites for hydroxylation is 1. The molecule has 8 heteroatoms. The van der Waals surface area contributed by atoms with Crippen LogP contribution in [0.4, 0.5) is 14.7 Å². The highest BCUT2D eigenvalue weighted by Crippen LogP contribution is 2.27. The van der Waals surface area contributed by atoms with Gasteiger partial charge in [-0.1, -0.05) is 68.4 Å². The van der Waals surface area contributed by atoms with E-state index in [1.807, 2.05) is 36.6 Å². The van der Waals surface area contributed by atoms with Crippen molar-refractivity contribution in [3.05, 3.63) is 35.2 Å². The summed E-state index contributed by atoms with van der Waals surface area (Å²) in [5, 5.41) is 9.76. The molecule has 0 unspecified atom stereocenters. The van der Waals surface area contributed by atoms with Crippen LogP contribution in [-0.2, 0) is 0 Å². The number of urea groups is 2. The Morgan fingerprint density at radius 2 is 1.50 bits per heavy atom. The van der Waals surface area contributed by atoms with Gasteiger partial charge in [0.1, 0.15) is 0 Å². The second-order valence-electron chi connectivity index (χ2n) is 8.92. The predicted molar refractivity (Wildman–Crippen MR) is 129 cm³/mol. The molecule has 2 aromatic rings. The van der Waals surface area contributed by atoms with E-state index in [9.17, 15) is 9.59 Å². The molecule has 1 heterocycles. The Hall–Kier alpha value is -2.61. The van der Waals surface area contributed by atoms with Gasteiger partial charge in [0.25, 0.3) is 0 Å². The van der Waals surface area contributed by atoms with Crippen LogP contribution >= 0.6 is 11.3 Å². The summed E-state index contributed by atoms with van der Waals surface area (Å²) in [5.41, 5.74) is 5.71. The monoisotopic (exact) mass is 455 g/mol. The SMILES string of the molecule is Cc1ccc(-c2csc(N(NC(=O)NC3CCCCC3)C(=O)NC3CCCCC3)n2)cc1. The Labute approximate surface area is 194 Å². The molecule has 1 aromatic carbocycles. The van der Waals surface area contributed by atoms with Crippen LogP contribution in [0.25, 0.3) is 11.3 Å². The third kappa shape index (κ3) is 6.00. The minimum atomic E-state index is -0.359. The van der Waals surface area contributed by atoms with Crippen LogP contribution in [0.5, 0.6) is 0 Å². The molecule has 0 saturated heterocycles. The zero-order valence-corrected chi connectivity index (χ0v) is 19.5. The summed E-state index contributed by atoms with van der Waals surface area (Å²) >= 11 is 1.35. The van der Waals surface area contributed by atoms with E-state index < -0.39 is 0 Å². The van der Waals surface area contributed by atoms with Crippen molar-refractivity contribution in [1.82, 2.24) is 21.0 Å². The van der Waals surface area contributed by atoms with E-state index in [2.05, 4.69) is 21.0 Å². The maximum Gasteiger partial charge on any atom is 0.343 e. The predicted octanol–water partition coefficient (Wildman–Crippen LogP) is 5.51. The number of carbonyl (C=O) groups is 2. The van der Waals surface area contributed by atoms with E-state index in [4.69, 9.17) is 0 Å². The topological polar surface area (TPSA) is 86.4 Å². The first-order valence-corrected chi connectivity index (χ1v) is 12.7. The minimum absolute atomic E-state index is 0.137. The van der Waals surface area contributed by atoms with E-state index in [-0.39, 0.29) is 24.1 Å². The van der Waals surface area contributed by atoms with Gasteiger partial charge in [0.2, 0.25) is 5.13 Å². The fourth-order valence-corrected chi connectivity index (χ4v) is 5.25. The van der Waals surface area contributed by atoms with Gasteiger partial charge in [0.05, 0.1) is 5.69 Å². The number of carbonyl (C=O) groups excluding carboxylic acids is 2. The quantitative estimate of drug-likeness (QED) is 0.531. The van der Waals surface area contributed by atoms with Gasteiger partial charge in [-0.15, -0.1) is 11.3 Å². The summed E-state index contributed by atoms with van der Waals surface area (Å²) in [6.07, 6.45) is 10.8. The van der Waals surface area contributed by atoms with Crippen molar-refractivity contribution in [1.29, 1.82) is 0 Å². The lowest BCUT2D eigenvalue weighted by Gasteiger charge is -2.28. The Bertz CT molecular complexity index is 901. The average Bonchev–Trinajstić information content (AvgIpc) is 3.29. The number of aromatic nitrogens is 1. The number of amides is 4. The number of nitrogens with one attached hydrogen (secondary N) is 3. The molecule has 0 bridgehead atoms. The average molecular weight is 456 g/mol. The van der Waals surface area contributed by atoms with E-state index in [1.54, 1.807) is 0 Å². The minimum Gasteiger partial charge on any atom is -0.334 e. The molecule has 4 rings (SSSR count). The van der Waals surface area contributed by atoms with Crippen LogP contribution in [0.1, 0.15) is 69.8 Å². The zero-order chi connectivity index (χ0) is 22.3. The smallest absolute Gasteiger partial charge is 0.334 e. The molecule has 172 valence electrons. The van der Waals surface area contributed by atoms with Gasteiger partial charge in [0, 0.05) is 23.0 Å². The molecule has 0 radical (unpaired) electrons. The van der Waals surface area contributed by atoms with Gasteiger partial charge in [0.15, 0.2) is 0 Å². The lowest BCUT2D eigenvalue weighted by Crippen LogP contribution is -2.57. The summed E-state index contributed by atoms with van der Waals surface area (Å²) in [5.74, 6) is 0. The first-order valence-electron chi connectivity index (χ1n) is 11.8. The molecule has 4 amide bonds. The Kier molecular flexibility index (Phi) is 7.63. The fourth-order valence-electron chi connectivity index (χ4n) is 4.46.